The van der Waals surface area contributed by atoms with Crippen LogP contribution >= 0.6 is 0 Å². The zero-order chi connectivity index (χ0) is 26.0. The summed E-state index contributed by atoms with van der Waals surface area (Å²) in [6.45, 7) is 0.675. The largest absolute Gasteiger partial charge is 0.302 e. The molecule has 37 heavy (non-hydrogen) atoms. The predicted octanol–water partition coefficient (Wildman–Crippen LogP) is 3.89. The lowest BCUT2D eigenvalue weighted by Gasteiger charge is -2.28. The van der Waals surface area contributed by atoms with Crippen LogP contribution in [0.5, 0.6) is 0 Å². The average molecular weight is 512 g/mol. The van der Waals surface area contributed by atoms with Gasteiger partial charge in [0.25, 0.3) is 5.91 Å². The van der Waals surface area contributed by atoms with Gasteiger partial charge in [0.05, 0.1) is 28.8 Å². The normalized spacial score (nSPS) is 13.5. The maximum Gasteiger partial charge on any atom is 0.258 e. The van der Waals surface area contributed by atoms with Crippen molar-refractivity contribution in [2.45, 2.75) is 24.4 Å². The Labute approximate surface area is 216 Å². The van der Waals surface area contributed by atoms with Crippen molar-refractivity contribution in [1.82, 2.24) is 14.1 Å². The number of benzene rings is 3. The molecule has 0 unspecified atom stereocenters. The number of para-hydroxylation sites is 1. The molecule has 0 radical (unpaired) electrons. The number of anilines is 1. The molecule has 0 N–H and O–H groups in total. The van der Waals surface area contributed by atoms with E-state index in [1.54, 1.807) is 21.7 Å². The number of nitriles is 1. The Hall–Kier alpha value is -4.26. The summed E-state index contributed by atoms with van der Waals surface area (Å²) in [4.78, 5) is 15.4. The molecule has 8 nitrogen and oxygen atoms in total. The molecule has 0 atom stereocenters. The lowest BCUT2D eigenvalue weighted by atomic mass is 10.1. The van der Waals surface area contributed by atoms with E-state index < -0.39 is 10.0 Å². The van der Waals surface area contributed by atoms with Gasteiger partial charge in [-0.1, -0.05) is 36.4 Å². The summed E-state index contributed by atoms with van der Waals surface area (Å²) in [5.41, 5.74) is 4.12. The Bertz CT molecular complexity index is 1570. The van der Waals surface area contributed by atoms with Gasteiger partial charge in [-0.25, -0.2) is 8.42 Å². The van der Waals surface area contributed by atoms with E-state index in [2.05, 4.69) is 0 Å². The highest BCUT2D eigenvalue weighted by molar-refractivity contribution is 7.89. The Morgan fingerprint density at radius 3 is 2.30 bits per heavy atom. The monoisotopic (exact) mass is 511 g/mol. The van der Waals surface area contributed by atoms with Crippen LogP contribution in [0.1, 0.15) is 32.9 Å². The summed E-state index contributed by atoms with van der Waals surface area (Å²) >= 11 is 0. The summed E-state index contributed by atoms with van der Waals surface area (Å²) in [7, 11) is -1.92. The van der Waals surface area contributed by atoms with Crippen LogP contribution in [0.25, 0.3) is 0 Å². The average Bonchev–Trinajstić information content (AvgIpc) is 3.26. The summed E-state index contributed by atoms with van der Waals surface area (Å²) in [5, 5.41) is 13.8. The van der Waals surface area contributed by atoms with Crippen molar-refractivity contribution in [2.75, 3.05) is 11.4 Å². The van der Waals surface area contributed by atoms with Crippen molar-refractivity contribution in [3.63, 3.8) is 0 Å². The molecule has 186 valence electrons. The van der Waals surface area contributed by atoms with Crippen molar-refractivity contribution in [1.29, 1.82) is 5.26 Å². The van der Waals surface area contributed by atoms with E-state index in [4.69, 9.17) is 10.4 Å². The minimum absolute atomic E-state index is 0.144. The number of amides is 1. The quantitative estimate of drug-likeness (QED) is 0.391. The Kier molecular flexibility index (Phi) is 6.61. The van der Waals surface area contributed by atoms with Gasteiger partial charge in [-0.15, -0.1) is 0 Å². The number of nitrogens with zero attached hydrogens (tertiary/aromatic N) is 5. The van der Waals surface area contributed by atoms with Crippen molar-refractivity contribution in [3.8, 4) is 6.07 Å². The van der Waals surface area contributed by atoms with E-state index in [0.717, 1.165) is 16.9 Å². The molecule has 1 aromatic heterocycles. The first-order chi connectivity index (χ1) is 17.9. The van der Waals surface area contributed by atoms with Crippen LogP contribution in [-0.4, -0.2) is 35.0 Å². The molecule has 2 heterocycles. The standard InChI is InChI=1S/C28H25N5O3S/c1-31-27-16-17-32(37(35,36)24-14-12-21(18-29)13-15-24)19-25(27)26(30-31)20-33(23-10-6-3-7-11-23)28(34)22-8-4-2-5-9-22/h2-15H,16-17,19-20H2,1H3. The number of sulfonamides is 1. The molecule has 0 aliphatic carbocycles. The zero-order valence-corrected chi connectivity index (χ0v) is 21.1. The molecule has 0 saturated carbocycles. The van der Waals surface area contributed by atoms with Crippen molar-refractivity contribution >= 4 is 21.6 Å². The molecular formula is C28H25N5O3S. The van der Waals surface area contributed by atoms with Crippen LogP contribution < -0.4 is 4.90 Å². The fourth-order valence-corrected chi connectivity index (χ4v) is 6.01. The number of hydrogen-bond donors (Lipinski definition) is 0. The minimum atomic E-state index is -3.77. The summed E-state index contributed by atoms with van der Waals surface area (Å²) in [5.74, 6) is -0.163. The maximum absolute atomic E-state index is 13.5. The van der Waals surface area contributed by atoms with E-state index in [0.29, 0.717) is 29.8 Å². The lowest BCUT2D eigenvalue weighted by molar-refractivity contribution is 0.0984. The van der Waals surface area contributed by atoms with Gasteiger partial charge in [0, 0.05) is 49.1 Å². The van der Waals surface area contributed by atoms with Gasteiger partial charge in [0.1, 0.15) is 0 Å². The lowest BCUT2D eigenvalue weighted by Crippen LogP contribution is -2.37. The SMILES string of the molecule is Cn1nc(CN(C(=O)c2ccccc2)c2ccccc2)c2c1CCN(S(=O)(=O)c1ccc(C#N)cc1)C2. The molecule has 1 aliphatic rings. The van der Waals surface area contributed by atoms with Crippen LogP contribution in [0, 0.1) is 11.3 Å². The maximum atomic E-state index is 13.5. The second-order valence-electron chi connectivity index (χ2n) is 8.81. The number of hydrogen-bond acceptors (Lipinski definition) is 5. The molecule has 4 aromatic rings. The van der Waals surface area contributed by atoms with Gasteiger partial charge in [0.2, 0.25) is 10.0 Å². The van der Waals surface area contributed by atoms with Gasteiger partial charge in [-0.2, -0.15) is 14.7 Å². The van der Waals surface area contributed by atoms with Crippen LogP contribution in [-0.2, 0) is 36.6 Å². The number of rotatable bonds is 6. The van der Waals surface area contributed by atoms with Crippen molar-refractivity contribution < 1.29 is 13.2 Å². The molecule has 1 amide bonds. The van der Waals surface area contributed by atoms with E-state index in [9.17, 15) is 13.2 Å². The molecule has 0 bridgehead atoms. The van der Waals surface area contributed by atoms with Crippen molar-refractivity contribution in [2.24, 2.45) is 7.05 Å². The van der Waals surface area contributed by atoms with Crippen LogP contribution in [0.4, 0.5) is 5.69 Å². The first kappa shape index (κ1) is 24.4. The molecule has 1 aliphatic heterocycles. The third kappa shape index (κ3) is 4.77. The molecule has 0 spiro atoms. The van der Waals surface area contributed by atoms with E-state index in [1.165, 1.54) is 28.6 Å². The third-order valence-electron chi connectivity index (χ3n) is 6.55. The molecule has 0 saturated heterocycles. The van der Waals surface area contributed by atoms with Crippen molar-refractivity contribution in [3.05, 3.63) is 113 Å². The topological polar surface area (TPSA) is 99.3 Å². The highest BCUT2D eigenvalue weighted by Crippen LogP contribution is 2.29. The van der Waals surface area contributed by atoms with Crippen LogP contribution in [0.2, 0.25) is 0 Å². The molecule has 0 fully saturated rings. The number of carbonyl (C=O) groups is 1. The molecular weight excluding hydrogens is 486 g/mol. The van der Waals surface area contributed by atoms with Gasteiger partial charge >= 0.3 is 0 Å². The Morgan fingerprint density at radius 2 is 1.65 bits per heavy atom. The van der Waals surface area contributed by atoms with Gasteiger partial charge < -0.3 is 4.90 Å². The highest BCUT2D eigenvalue weighted by atomic mass is 32.2. The number of aromatic nitrogens is 2. The number of fused-ring (bicyclic) bond motifs is 1. The molecule has 5 rings (SSSR count). The van der Waals surface area contributed by atoms with E-state index in [1.807, 2.05) is 61.6 Å². The zero-order valence-electron chi connectivity index (χ0n) is 20.3. The summed E-state index contributed by atoms with van der Waals surface area (Å²) < 4.78 is 30.0. The van der Waals surface area contributed by atoms with Crippen LogP contribution in [0.15, 0.2) is 89.8 Å². The van der Waals surface area contributed by atoms with E-state index in [-0.39, 0.29) is 23.9 Å². The second kappa shape index (κ2) is 10.0. The fraction of sp³-hybridized carbons (Fsp3) is 0.179. The minimum Gasteiger partial charge on any atom is -0.302 e. The van der Waals surface area contributed by atoms with E-state index >= 15 is 0 Å². The number of carbonyl (C=O) groups excluding carboxylic acids is 1. The Morgan fingerprint density at radius 1 is 1.00 bits per heavy atom. The first-order valence-corrected chi connectivity index (χ1v) is 13.3. The predicted molar refractivity (Wildman–Crippen MR) is 139 cm³/mol. The summed E-state index contributed by atoms with van der Waals surface area (Å²) in [6, 6.07) is 26.4. The smallest absolute Gasteiger partial charge is 0.258 e. The Balaban J connectivity index is 1.48. The molecule has 9 heteroatoms. The fourth-order valence-electron chi connectivity index (χ4n) is 4.60. The van der Waals surface area contributed by atoms with Gasteiger partial charge in [-0.05, 0) is 48.5 Å². The van der Waals surface area contributed by atoms with Gasteiger partial charge in [0.15, 0.2) is 0 Å². The summed E-state index contributed by atoms with van der Waals surface area (Å²) in [6.07, 6.45) is 0.506. The van der Waals surface area contributed by atoms with Crippen LogP contribution in [0.3, 0.4) is 0 Å². The first-order valence-electron chi connectivity index (χ1n) is 11.8. The third-order valence-corrected chi connectivity index (χ3v) is 8.41. The second-order valence-corrected chi connectivity index (χ2v) is 10.8. The number of aryl methyl sites for hydroxylation is 1. The van der Waals surface area contributed by atoms with Gasteiger partial charge in [-0.3, -0.25) is 9.48 Å². The molecule has 3 aromatic carbocycles. The highest BCUT2D eigenvalue weighted by Gasteiger charge is 2.33.